The van der Waals surface area contributed by atoms with Crippen LogP contribution in [0, 0.1) is 17.2 Å². The molecule has 2 aromatic heterocycles. The minimum absolute atomic E-state index is 0.587. The van der Waals surface area contributed by atoms with Crippen LogP contribution in [0.15, 0.2) is 42.7 Å². The minimum atomic E-state index is 0.587. The molecule has 0 saturated carbocycles. The molecular formula is C16H17N5. The lowest BCUT2D eigenvalue weighted by Gasteiger charge is -2.17. The van der Waals surface area contributed by atoms with Crippen LogP contribution in [-0.2, 0) is 0 Å². The van der Waals surface area contributed by atoms with Crippen molar-refractivity contribution in [2.24, 2.45) is 5.92 Å². The Kier molecular flexibility index (Phi) is 3.97. The van der Waals surface area contributed by atoms with Gasteiger partial charge in [0, 0.05) is 32.0 Å². The number of hydrogen-bond acceptors (Lipinski definition) is 5. The Morgan fingerprint density at radius 1 is 1.29 bits per heavy atom. The van der Waals surface area contributed by atoms with Crippen LogP contribution in [0.25, 0.3) is 0 Å². The fourth-order valence-electron chi connectivity index (χ4n) is 2.56. The van der Waals surface area contributed by atoms with Crippen LogP contribution in [0.5, 0.6) is 0 Å². The number of nitriles is 1. The fraction of sp³-hybridized carbons (Fsp3) is 0.312. The molecule has 0 aromatic carbocycles. The second-order valence-electron chi connectivity index (χ2n) is 5.21. The monoisotopic (exact) mass is 279 g/mol. The number of hydrogen-bond donors (Lipinski definition) is 1. The second-order valence-corrected chi connectivity index (χ2v) is 5.21. The molecule has 106 valence electrons. The maximum Gasteiger partial charge on any atom is 0.128 e. The van der Waals surface area contributed by atoms with Crippen LogP contribution >= 0.6 is 0 Å². The Labute approximate surface area is 124 Å². The van der Waals surface area contributed by atoms with Gasteiger partial charge in [0.2, 0.25) is 0 Å². The molecule has 0 spiro atoms. The van der Waals surface area contributed by atoms with E-state index < -0.39 is 0 Å². The van der Waals surface area contributed by atoms with Crippen LogP contribution in [0.3, 0.4) is 0 Å². The van der Waals surface area contributed by atoms with E-state index >= 15 is 0 Å². The Morgan fingerprint density at radius 2 is 2.24 bits per heavy atom. The molecule has 3 heterocycles. The molecule has 5 nitrogen and oxygen atoms in total. The van der Waals surface area contributed by atoms with Crippen LogP contribution in [0.4, 0.5) is 11.6 Å². The number of nitrogens with one attached hydrogen (secondary N) is 1. The maximum absolute atomic E-state index is 8.80. The van der Waals surface area contributed by atoms with Gasteiger partial charge in [0.1, 0.15) is 17.7 Å². The van der Waals surface area contributed by atoms with Crippen LogP contribution in [0.1, 0.15) is 12.0 Å². The van der Waals surface area contributed by atoms with Crippen molar-refractivity contribution in [3.05, 3.63) is 48.3 Å². The van der Waals surface area contributed by atoms with Gasteiger partial charge < -0.3 is 10.2 Å². The summed E-state index contributed by atoms with van der Waals surface area (Å²) < 4.78 is 0. The summed E-state index contributed by atoms with van der Waals surface area (Å²) in [6.45, 7) is 2.91. The van der Waals surface area contributed by atoms with Gasteiger partial charge in [0.05, 0.1) is 5.56 Å². The minimum Gasteiger partial charge on any atom is -0.370 e. The summed E-state index contributed by atoms with van der Waals surface area (Å²) >= 11 is 0. The van der Waals surface area contributed by atoms with Crippen molar-refractivity contribution >= 4 is 11.6 Å². The maximum atomic E-state index is 8.80. The Hall–Kier alpha value is -2.61. The zero-order valence-corrected chi connectivity index (χ0v) is 11.7. The molecule has 1 aliphatic rings. The molecule has 0 unspecified atom stereocenters. The Bertz CT molecular complexity index is 617. The average Bonchev–Trinajstić information content (AvgIpc) is 3.03. The van der Waals surface area contributed by atoms with Gasteiger partial charge in [-0.2, -0.15) is 5.26 Å². The molecule has 0 radical (unpaired) electrons. The summed E-state index contributed by atoms with van der Waals surface area (Å²) in [6.07, 6.45) is 4.57. The van der Waals surface area contributed by atoms with Crippen molar-refractivity contribution in [3.8, 4) is 6.07 Å². The van der Waals surface area contributed by atoms with Crippen molar-refractivity contribution in [1.82, 2.24) is 9.97 Å². The summed E-state index contributed by atoms with van der Waals surface area (Å²) in [5.74, 6) is 2.46. The molecule has 1 N–H and O–H groups in total. The van der Waals surface area contributed by atoms with Gasteiger partial charge in [-0.15, -0.1) is 0 Å². The zero-order chi connectivity index (χ0) is 14.5. The van der Waals surface area contributed by atoms with E-state index in [1.54, 1.807) is 12.4 Å². The van der Waals surface area contributed by atoms with E-state index in [1.807, 2.05) is 30.3 Å². The van der Waals surface area contributed by atoms with Gasteiger partial charge in [-0.3, -0.25) is 0 Å². The lowest BCUT2D eigenvalue weighted by molar-refractivity contribution is 0.621. The van der Waals surface area contributed by atoms with Crippen molar-refractivity contribution in [3.63, 3.8) is 0 Å². The summed E-state index contributed by atoms with van der Waals surface area (Å²) in [4.78, 5) is 10.9. The lowest BCUT2D eigenvalue weighted by atomic mass is 10.1. The number of nitrogens with zero attached hydrogens (tertiary/aromatic N) is 4. The molecule has 0 bridgehead atoms. The summed E-state index contributed by atoms with van der Waals surface area (Å²) in [7, 11) is 0. The van der Waals surface area contributed by atoms with E-state index in [4.69, 9.17) is 5.26 Å². The molecule has 0 aliphatic carbocycles. The SMILES string of the molecule is N#Cc1ccc(N2CC[C@H](CNc3ccccn3)C2)nc1. The molecule has 5 heteroatoms. The standard InChI is InChI=1S/C16H17N5/c17-9-13-4-5-16(20-10-13)21-8-6-14(12-21)11-19-15-3-1-2-7-18-15/h1-5,7,10,14H,6,8,11-12H2,(H,18,19)/t14-/m1/s1. The topological polar surface area (TPSA) is 64.8 Å². The van der Waals surface area contributed by atoms with Gasteiger partial charge in [0.25, 0.3) is 0 Å². The number of anilines is 2. The first-order valence-electron chi connectivity index (χ1n) is 7.11. The number of aromatic nitrogens is 2. The molecule has 1 aliphatic heterocycles. The lowest BCUT2D eigenvalue weighted by Crippen LogP contribution is -2.23. The summed E-state index contributed by atoms with van der Waals surface area (Å²) in [6, 6.07) is 11.7. The highest BCUT2D eigenvalue weighted by Gasteiger charge is 2.23. The van der Waals surface area contributed by atoms with E-state index in [2.05, 4.69) is 26.3 Å². The second kappa shape index (κ2) is 6.23. The predicted molar refractivity (Wildman–Crippen MR) is 82.0 cm³/mol. The van der Waals surface area contributed by atoms with Crippen LogP contribution in [0.2, 0.25) is 0 Å². The first-order valence-corrected chi connectivity index (χ1v) is 7.11. The normalized spacial score (nSPS) is 17.5. The third-order valence-corrected chi connectivity index (χ3v) is 3.72. The quantitative estimate of drug-likeness (QED) is 0.930. The van der Waals surface area contributed by atoms with E-state index in [0.717, 1.165) is 37.7 Å². The highest BCUT2D eigenvalue weighted by molar-refractivity contribution is 5.43. The molecule has 1 atom stereocenters. The smallest absolute Gasteiger partial charge is 0.128 e. The molecule has 3 rings (SSSR count). The first kappa shape index (κ1) is 13.4. The van der Waals surface area contributed by atoms with Gasteiger partial charge in [-0.05, 0) is 36.6 Å². The molecule has 2 aromatic rings. The van der Waals surface area contributed by atoms with Gasteiger partial charge >= 0.3 is 0 Å². The highest BCUT2D eigenvalue weighted by atomic mass is 15.2. The number of rotatable bonds is 4. The van der Waals surface area contributed by atoms with Crippen molar-refractivity contribution in [2.75, 3.05) is 29.9 Å². The molecule has 1 fully saturated rings. The van der Waals surface area contributed by atoms with E-state index in [1.165, 1.54) is 0 Å². The Balaban J connectivity index is 1.54. The largest absolute Gasteiger partial charge is 0.370 e. The van der Waals surface area contributed by atoms with Gasteiger partial charge in [-0.1, -0.05) is 6.07 Å². The Morgan fingerprint density at radius 3 is 2.95 bits per heavy atom. The van der Waals surface area contributed by atoms with Crippen LogP contribution < -0.4 is 10.2 Å². The van der Waals surface area contributed by atoms with Crippen LogP contribution in [-0.4, -0.2) is 29.6 Å². The summed E-state index contributed by atoms with van der Waals surface area (Å²) in [5, 5.41) is 12.2. The fourth-order valence-corrected chi connectivity index (χ4v) is 2.56. The number of pyridine rings is 2. The zero-order valence-electron chi connectivity index (χ0n) is 11.7. The molecule has 1 saturated heterocycles. The van der Waals surface area contributed by atoms with Crippen molar-refractivity contribution in [1.29, 1.82) is 5.26 Å². The first-order chi connectivity index (χ1) is 10.3. The predicted octanol–water partition coefficient (Wildman–Crippen LogP) is 2.29. The molecular weight excluding hydrogens is 262 g/mol. The van der Waals surface area contributed by atoms with E-state index in [0.29, 0.717) is 11.5 Å². The molecule has 0 amide bonds. The highest BCUT2D eigenvalue weighted by Crippen LogP contribution is 2.22. The summed E-state index contributed by atoms with van der Waals surface area (Å²) in [5.41, 5.74) is 0.603. The van der Waals surface area contributed by atoms with Gasteiger partial charge in [-0.25, -0.2) is 9.97 Å². The van der Waals surface area contributed by atoms with E-state index in [-0.39, 0.29) is 0 Å². The molecule has 21 heavy (non-hydrogen) atoms. The van der Waals surface area contributed by atoms with E-state index in [9.17, 15) is 0 Å². The third kappa shape index (κ3) is 3.29. The van der Waals surface area contributed by atoms with Crippen molar-refractivity contribution < 1.29 is 0 Å². The third-order valence-electron chi connectivity index (χ3n) is 3.72. The van der Waals surface area contributed by atoms with Crippen molar-refractivity contribution in [2.45, 2.75) is 6.42 Å². The van der Waals surface area contributed by atoms with Gasteiger partial charge in [0.15, 0.2) is 0 Å². The average molecular weight is 279 g/mol.